The van der Waals surface area contributed by atoms with E-state index in [4.69, 9.17) is 10.5 Å². The van der Waals surface area contributed by atoms with Crippen LogP contribution in [0.4, 0.5) is 20.2 Å². The highest BCUT2D eigenvalue weighted by Gasteiger charge is 2.06. The molecule has 0 unspecified atom stereocenters. The maximum atomic E-state index is 13.5. The van der Waals surface area contributed by atoms with E-state index in [1.807, 2.05) is 0 Å². The van der Waals surface area contributed by atoms with Gasteiger partial charge in [-0.15, -0.1) is 0 Å². The zero-order chi connectivity index (χ0) is 13.8. The summed E-state index contributed by atoms with van der Waals surface area (Å²) in [7, 11) is 1.41. The minimum atomic E-state index is -0.481. The minimum absolute atomic E-state index is 0.0523. The molecule has 2 aromatic rings. The van der Waals surface area contributed by atoms with Gasteiger partial charge in [0.1, 0.15) is 5.82 Å². The highest BCUT2D eigenvalue weighted by molar-refractivity contribution is 5.66. The molecule has 0 heterocycles. The number of rotatable bonds is 4. The second-order valence-electron chi connectivity index (χ2n) is 4.02. The highest BCUT2D eigenvalue weighted by Crippen LogP contribution is 2.23. The Morgan fingerprint density at radius 1 is 1.16 bits per heavy atom. The van der Waals surface area contributed by atoms with Crippen LogP contribution in [0.25, 0.3) is 0 Å². The normalized spacial score (nSPS) is 10.3. The molecule has 0 radical (unpaired) electrons. The molecule has 0 aliphatic rings. The van der Waals surface area contributed by atoms with Crippen LogP contribution in [0.1, 0.15) is 5.56 Å². The maximum Gasteiger partial charge on any atom is 0.165 e. The van der Waals surface area contributed by atoms with Crippen molar-refractivity contribution < 1.29 is 13.5 Å². The Morgan fingerprint density at radius 3 is 2.63 bits per heavy atom. The summed E-state index contributed by atoms with van der Waals surface area (Å²) in [5.41, 5.74) is 6.84. The van der Waals surface area contributed by atoms with Gasteiger partial charge in [0.2, 0.25) is 0 Å². The summed E-state index contributed by atoms with van der Waals surface area (Å²) in [4.78, 5) is 0. The SMILES string of the molecule is COc1ccc(CNc2cccc(F)c2N)cc1F. The van der Waals surface area contributed by atoms with E-state index in [0.29, 0.717) is 17.8 Å². The number of nitrogens with two attached hydrogens (primary N) is 1. The third-order valence-corrected chi connectivity index (χ3v) is 2.75. The molecule has 2 rings (SSSR count). The number of methoxy groups -OCH3 is 1. The number of ether oxygens (including phenoxy) is 1. The zero-order valence-electron chi connectivity index (χ0n) is 10.4. The van der Waals surface area contributed by atoms with Crippen LogP contribution in [0.5, 0.6) is 5.75 Å². The molecule has 100 valence electrons. The first-order valence-electron chi connectivity index (χ1n) is 5.72. The van der Waals surface area contributed by atoms with Gasteiger partial charge in [-0.2, -0.15) is 0 Å². The largest absolute Gasteiger partial charge is 0.494 e. The monoisotopic (exact) mass is 264 g/mol. The van der Waals surface area contributed by atoms with Crippen LogP contribution in [-0.4, -0.2) is 7.11 Å². The van der Waals surface area contributed by atoms with Crippen molar-refractivity contribution in [2.24, 2.45) is 0 Å². The van der Waals surface area contributed by atoms with Gasteiger partial charge < -0.3 is 15.8 Å². The van der Waals surface area contributed by atoms with E-state index in [0.717, 1.165) is 0 Å². The summed E-state index contributed by atoms with van der Waals surface area (Å²) < 4.78 is 31.5. The Labute approximate surface area is 110 Å². The van der Waals surface area contributed by atoms with E-state index in [-0.39, 0.29) is 11.4 Å². The molecular formula is C14H14F2N2O. The molecule has 0 aliphatic carbocycles. The molecule has 5 heteroatoms. The Kier molecular flexibility index (Phi) is 3.85. The van der Waals surface area contributed by atoms with Crippen LogP contribution in [-0.2, 0) is 6.54 Å². The molecule has 0 fully saturated rings. The lowest BCUT2D eigenvalue weighted by atomic mass is 10.2. The van der Waals surface area contributed by atoms with Gasteiger partial charge >= 0.3 is 0 Å². The van der Waals surface area contributed by atoms with Crippen LogP contribution in [0.3, 0.4) is 0 Å². The number of para-hydroxylation sites is 1. The van der Waals surface area contributed by atoms with Gasteiger partial charge in [-0.3, -0.25) is 0 Å². The van der Waals surface area contributed by atoms with E-state index in [1.165, 1.54) is 19.2 Å². The number of anilines is 2. The van der Waals surface area contributed by atoms with Gasteiger partial charge in [-0.05, 0) is 29.8 Å². The first-order valence-corrected chi connectivity index (χ1v) is 5.72. The van der Waals surface area contributed by atoms with Crippen molar-refractivity contribution in [3.8, 4) is 5.75 Å². The highest BCUT2D eigenvalue weighted by atomic mass is 19.1. The van der Waals surface area contributed by atoms with E-state index in [1.54, 1.807) is 24.3 Å². The third-order valence-electron chi connectivity index (χ3n) is 2.75. The van der Waals surface area contributed by atoms with E-state index in [2.05, 4.69) is 5.32 Å². The zero-order valence-corrected chi connectivity index (χ0v) is 10.4. The van der Waals surface area contributed by atoms with E-state index < -0.39 is 11.6 Å². The summed E-state index contributed by atoms with van der Waals surface area (Å²) in [5, 5.41) is 2.96. The molecule has 0 spiro atoms. The van der Waals surface area contributed by atoms with Crippen molar-refractivity contribution in [2.75, 3.05) is 18.2 Å². The van der Waals surface area contributed by atoms with Gasteiger partial charge in [0.25, 0.3) is 0 Å². The summed E-state index contributed by atoms with van der Waals surface area (Å²) in [5.74, 6) is -0.728. The number of halogens is 2. The Morgan fingerprint density at radius 2 is 1.95 bits per heavy atom. The van der Waals surface area contributed by atoms with Gasteiger partial charge in [0, 0.05) is 6.54 Å². The Balaban J connectivity index is 2.10. The van der Waals surface area contributed by atoms with Crippen molar-refractivity contribution in [2.45, 2.75) is 6.54 Å². The fourth-order valence-electron chi connectivity index (χ4n) is 1.71. The molecule has 0 bridgehead atoms. The number of hydrogen-bond donors (Lipinski definition) is 2. The number of nitrogen functional groups attached to an aromatic ring is 1. The number of benzene rings is 2. The molecule has 19 heavy (non-hydrogen) atoms. The molecule has 0 aliphatic heterocycles. The quantitative estimate of drug-likeness (QED) is 0.834. The van der Waals surface area contributed by atoms with Gasteiger partial charge in [0.15, 0.2) is 11.6 Å². The molecule has 0 aromatic heterocycles. The summed E-state index contributed by atoms with van der Waals surface area (Å²) in [6.07, 6.45) is 0. The molecule has 0 atom stereocenters. The second kappa shape index (κ2) is 5.56. The van der Waals surface area contributed by atoms with Gasteiger partial charge in [-0.25, -0.2) is 8.78 Å². The van der Waals surface area contributed by atoms with Crippen LogP contribution >= 0.6 is 0 Å². The first-order chi connectivity index (χ1) is 9.11. The van der Waals surface area contributed by atoms with Crippen LogP contribution < -0.4 is 15.8 Å². The molecule has 3 N–H and O–H groups in total. The average molecular weight is 264 g/mol. The van der Waals surface area contributed by atoms with Crippen LogP contribution in [0.15, 0.2) is 36.4 Å². The fourth-order valence-corrected chi connectivity index (χ4v) is 1.71. The van der Waals surface area contributed by atoms with E-state index in [9.17, 15) is 8.78 Å². The van der Waals surface area contributed by atoms with Crippen molar-refractivity contribution in [3.05, 3.63) is 53.6 Å². The van der Waals surface area contributed by atoms with Gasteiger partial charge in [0.05, 0.1) is 18.5 Å². The third kappa shape index (κ3) is 2.93. The second-order valence-corrected chi connectivity index (χ2v) is 4.02. The summed E-state index contributed by atoms with van der Waals surface area (Å²) in [6.45, 7) is 0.342. The molecule has 0 saturated heterocycles. The topological polar surface area (TPSA) is 47.3 Å². The Bertz CT molecular complexity index is 588. The van der Waals surface area contributed by atoms with Crippen molar-refractivity contribution in [3.63, 3.8) is 0 Å². The maximum absolute atomic E-state index is 13.5. The van der Waals surface area contributed by atoms with E-state index >= 15 is 0 Å². The lowest BCUT2D eigenvalue weighted by Crippen LogP contribution is -2.04. The van der Waals surface area contributed by atoms with Crippen LogP contribution in [0.2, 0.25) is 0 Å². The predicted octanol–water partition coefficient (Wildman–Crippen LogP) is 3.17. The van der Waals surface area contributed by atoms with Crippen molar-refractivity contribution >= 4 is 11.4 Å². The van der Waals surface area contributed by atoms with Crippen molar-refractivity contribution in [1.29, 1.82) is 0 Å². The Hall–Kier alpha value is -2.30. The van der Waals surface area contributed by atoms with Gasteiger partial charge in [-0.1, -0.05) is 12.1 Å². The first kappa shape index (κ1) is 13.1. The molecule has 3 nitrogen and oxygen atoms in total. The standard InChI is InChI=1S/C14H14F2N2O/c1-19-13-6-5-9(7-11(13)16)8-18-12-4-2-3-10(15)14(12)17/h2-7,18H,8,17H2,1H3. The molecular weight excluding hydrogens is 250 g/mol. The minimum Gasteiger partial charge on any atom is -0.494 e. The molecule has 0 amide bonds. The predicted molar refractivity (Wildman–Crippen MR) is 71.1 cm³/mol. The molecule has 2 aromatic carbocycles. The summed E-state index contributed by atoms with van der Waals surface area (Å²) >= 11 is 0. The summed E-state index contributed by atoms with van der Waals surface area (Å²) in [6, 6.07) is 9.14. The lowest BCUT2D eigenvalue weighted by Gasteiger charge is -2.10. The number of hydrogen-bond acceptors (Lipinski definition) is 3. The van der Waals surface area contributed by atoms with Crippen LogP contribution in [0, 0.1) is 11.6 Å². The average Bonchev–Trinajstić information content (AvgIpc) is 2.40. The fraction of sp³-hybridized carbons (Fsp3) is 0.143. The smallest absolute Gasteiger partial charge is 0.165 e. The van der Waals surface area contributed by atoms with Crippen molar-refractivity contribution in [1.82, 2.24) is 0 Å². The lowest BCUT2D eigenvalue weighted by molar-refractivity contribution is 0.386. The number of nitrogens with one attached hydrogen (secondary N) is 1. The molecule has 0 saturated carbocycles.